The van der Waals surface area contributed by atoms with Crippen LogP contribution in [0.1, 0.15) is 39.2 Å². The number of rotatable bonds is 8. The maximum absolute atomic E-state index is 13.8. The van der Waals surface area contributed by atoms with Gasteiger partial charge in [-0.15, -0.1) is 0 Å². The molecule has 1 unspecified atom stereocenters. The summed E-state index contributed by atoms with van der Waals surface area (Å²) in [5, 5.41) is 3.22. The van der Waals surface area contributed by atoms with Crippen molar-refractivity contribution in [3.8, 4) is 17.0 Å². The van der Waals surface area contributed by atoms with E-state index in [0.717, 1.165) is 12.5 Å². The fourth-order valence-corrected chi connectivity index (χ4v) is 3.72. The molecule has 1 aliphatic rings. The number of ether oxygens (including phenoxy) is 2. The molecule has 1 fully saturated rings. The van der Waals surface area contributed by atoms with Crippen molar-refractivity contribution < 1.29 is 22.6 Å². The molecule has 0 bridgehead atoms. The van der Waals surface area contributed by atoms with Crippen molar-refractivity contribution in [2.45, 2.75) is 51.4 Å². The number of nitrogens with zero attached hydrogens (tertiary/aromatic N) is 2. The van der Waals surface area contributed by atoms with Gasteiger partial charge in [0, 0.05) is 23.8 Å². The molecule has 3 rings (SSSR count). The van der Waals surface area contributed by atoms with Crippen LogP contribution in [0.25, 0.3) is 11.3 Å². The zero-order valence-electron chi connectivity index (χ0n) is 18.0. The van der Waals surface area contributed by atoms with Crippen molar-refractivity contribution in [3.05, 3.63) is 36.2 Å². The third-order valence-electron chi connectivity index (χ3n) is 4.96. The number of hydrogen-bond acceptors (Lipinski definition) is 6. The molecule has 170 valence electrons. The summed E-state index contributed by atoms with van der Waals surface area (Å²) in [5.74, 6) is 0.605. The molecule has 9 heteroatoms. The van der Waals surface area contributed by atoms with Crippen LogP contribution in [0.15, 0.2) is 30.6 Å². The Labute approximate surface area is 180 Å². The third-order valence-corrected chi connectivity index (χ3v) is 4.96. The number of anilines is 1. The number of hydrogen-bond donors (Lipinski definition) is 2. The van der Waals surface area contributed by atoms with Gasteiger partial charge >= 0.3 is 6.18 Å². The van der Waals surface area contributed by atoms with Crippen LogP contribution < -0.4 is 15.8 Å². The van der Waals surface area contributed by atoms with Gasteiger partial charge in [0.05, 0.1) is 23.9 Å². The zero-order chi connectivity index (χ0) is 22.6. The van der Waals surface area contributed by atoms with E-state index in [9.17, 15) is 13.2 Å². The lowest BCUT2D eigenvalue weighted by Gasteiger charge is -2.27. The summed E-state index contributed by atoms with van der Waals surface area (Å²) in [6.07, 6.45) is -1.77. The van der Waals surface area contributed by atoms with Crippen LogP contribution in [-0.2, 0) is 10.9 Å². The molecular formula is C22H29F3N4O2. The van der Waals surface area contributed by atoms with E-state index in [1.165, 1.54) is 12.4 Å². The second-order valence-corrected chi connectivity index (χ2v) is 8.74. The molecule has 1 saturated heterocycles. The number of alkyl halides is 3. The molecular weight excluding hydrogens is 409 g/mol. The molecule has 0 amide bonds. The molecule has 2 atom stereocenters. The Hall–Kier alpha value is -2.39. The molecule has 2 aromatic rings. The lowest BCUT2D eigenvalue weighted by Crippen LogP contribution is -2.43. The molecule has 0 saturated carbocycles. The average Bonchev–Trinajstić information content (AvgIpc) is 3.18. The fourth-order valence-electron chi connectivity index (χ4n) is 3.72. The molecule has 31 heavy (non-hydrogen) atoms. The standard InChI is InChI=1S/C22H29F3N4O2/c1-14(2)10-21(3,26)12-31-19-5-4-15(8-17(19)22(23,24)25)18-9-20(28-13-27-18)29-16-6-7-30-11-16/h4-5,8-9,13-14,16H,6-7,10-12,26H2,1-3H3,(H,27,28,29)/t16?,21-/m0/s1. The number of nitrogens with one attached hydrogen (secondary N) is 1. The largest absolute Gasteiger partial charge is 0.491 e. The summed E-state index contributed by atoms with van der Waals surface area (Å²) in [6, 6.07) is 5.69. The predicted molar refractivity (Wildman–Crippen MR) is 113 cm³/mol. The highest BCUT2D eigenvalue weighted by Gasteiger charge is 2.35. The number of nitrogens with two attached hydrogens (primary N) is 1. The van der Waals surface area contributed by atoms with Gasteiger partial charge in [0.15, 0.2) is 0 Å². The minimum atomic E-state index is -4.58. The van der Waals surface area contributed by atoms with E-state index in [1.54, 1.807) is 19.1 Å². The molecule has 6 nitrogen and oxygen atoms in total. The van der Waals surface area contributed by atoms with Crippen molar-refractivity contribution in [2.75, 3.05) is 25.1 Å². The van der Waals surface area contributed by atoms with E-state index in [2.05, 4.69) is 15.3 Å². The van der Waals surface area contributed by atoms with Gasteiger partial charge in [-0.2, -0.15) is 13.2 Å². The Morgan fingerprint density at radius 3 is 2.68 bits per heavy atom. The van der Waals surface area contributed by atoms with Crippen LogP contribution in [0.3, 0.4) is 0 Å². The highest BCUT2D eigenvalue weighted by Crippen LogP contribution is 2.39. The number of halogens is 3. The Morgan fingerprint density at radius 2 is 2.03 bits per heavy atom. The summed E-state index contributed by atoms with van der Waals surface area (Å²) < 4.78 is 52.1. The number of aromatic nitrogens is 2. The Bertz CT molecular complexity index is 881. The Kier molecular flexibility index (Phi) is 7.06. The van der Waals surface area contributed by atoms with E-state index in [1.807, 2.05) is 13.8 Å². The second kappa shape index (κ2) is 9.40. The molecule has 2 heterocycles. The van der Waals surface area contributed by atoms with E-state index in [4.69, 9.17) is 15.2 Å². The quantitative estimate of drug-likeness (QED) is 0.631. The predicted octanol–water partition coefficient (Wildman–Crippen LogP) is 4.51. The first-order chi connectivity index (χ1) is 14.5. The van der Waals surface area contributed by atoms with Gasteiger partial charge in [-0.05, 0) is 43.9 Å². The third kappa shape index (κ3) is 6.54. The SMILES string of the molecule is CC(C)C[C@](C)(N)COc1ccc(-c2cc(NC3CCOC3)ncn2)cc1C(F)(F)F. The van der Waals surface area contributed by atoms with Crippen molar-refractivity contribution in [1.82, 2.24) is 9.97 Å². The number of benzene rings is 1. The van der Waals surface area contributed by atoms with Crippen LogP contribution in [0.2, 0.25) is 0 Å². The van der Waals surface area contributed by atoms with Gasteiger partial charge in [-0.25, -0.2) is 9.97 Å². The summed E-state index contributed by atoms with van der Waals surface area (Å²) in [4.78, 5) is 8.30. The summed E-state index contributed by atoms with van der Waals surface area (Å²) in [6.45, 7) is 7.01. The van der Waals surface area contributed by atoms with Crippen LogP contribution in [0.4, 0.5) is 19.0 Å². The first-order valence-electron chi connectivity index (χ1n) is 10.3. The van der Waals surface area contributed by atoms with Crippen molar-refractivity contribution in [1.29, 1.82) is 0 Å². The van der Waals surface area contributed by atoms with E-state index in [0.29, 0.717) is 42.6 Å². The fraction of sp³-hybridized carbons (Fsp3) is 0.545. The van der Waals surface area contributed by atoms with Crippen molar-refractivity contribution in [2.24, 2.45) is 11.7 Å². The first kappa shape index (κ1) is 23.3. The monoisotopic (exact) mass is 438 g/mol. The normalized spacial score (nSPS) is 18.8. The van der Waals surface area contributed by atoms with E-state index >= 15 is 0 Å². The lowest BCUT2D eigenvalue weighted by molar-refractivity contribution is -0.139. The van der Waals surface area contributed by atoms with Crippen LogP contribution in [0, 0.1) is 5.92 Å². The van der Waals surface area contributed by atoms with Gasteiger partial charge in [0.2, 0.25) is 0 Å². The first-order valence-corrected chi connectivity index (χ1v) is 10.3. The average molecular weight is 438 g/mol. The minimum absolute atomic E-state index is 0.0152. The van der Waals surface area contributed by atoms with Gasteiger partial charge < -0.3 is 20.5 Å². The molecule has 0 radical (unpaired) electrons. The van der Waals surface area contributed by atoms with Crippen molar-refractivity contribution >= 4 is 5.82 Å². The maximum atomic E-state index is 13.8. The van der Waals surface area contributed by atoms with E-state index < -0.39 is 17.3 Å². The Morgan fingerprint density at radius 1 is 1.26 bits per heavy atom. The maximum Gasteiger partial charge on any atom is 0.419 e. The molecule has 1 aliphatic heterocycles. The summed E-state index contributed by atoms with van der Waals surface area (Å²) >= 11 is 0. The smallest absolute Gasteiger partial charge is 0.419 e. The van der Waals surface area contributed by atoms with Crippen LogP contribution in [-0.4, -0.2) is 41.4 Å². The lowest BCUT2D eigenvalue weighted by atomic mass is 9.93. The highest BCUT2D eigenvalue weighted by molar-refractivity contribution is 5.65. The van der Waals surface area contributed by atoms with Gasteiger partial charge in [-0.1, -0.05) is 13.8 Å². The Balaban J connectivity index is 1.83. The highest BCUT2D eigenvalue weighted by atomic mass is 19.4. The van der Waals surface area contributed by atoms with Gasteiger partial charge in [0.1, 0.15) is 24.5 Å². The van der Waals surface area contributed by atoms with Gasteiger partial charge in [-0.3, -0.25) is 0 Å². The topological polar surface area (TPSA) is 82.3 Å². The summed E-state index contributed by atoms with van der Waals surface area (Å²) in [7, 11) is 0. The molecule has 1 aromatic carbocycles. The van der Waals surface area contributed by atoms with Crippen molar-refractivity contribution in [3.63, 3.8) is 0 Å². The van der Waals surface area contributed by atoms with Crippen LogP contribution >= 0.6 is 0 Å². The second-order valence-electron chi connectivity index (χ2n) is 8.74. The summed E-state index contributed by atoms with van der Waals surface area (Å²) in [5.41, 5.74) is 5.31. The van der Waals surface area contributed by atoms with Crippen LogP contribution in [0.5, 0.6) is 5.75 Å². The molecule has 0 aliphatic carbocycles. The van der Waals surface area contributed by atoms with E-state index in [-0.39, 0.29) is 18.4 Å². The van der Waals surface area contributed by atoms with Gasteiger partial charge in [0.25, 0.3) is 0 Å². The minimum Gasteiger partial charge on any atom is -0.491 e. The molecule has 3 N–H and O–H groups in total. The molecule has 1 aromatic heterocycles. The zero-order valence-corrected chi connectivity index (χ0v) is 18.0. The molecule has 0 spiro atoms.